The third-order valence-corrected chi connectivity index (χ3v) is 5.84. The molecule has 0 aliphatic carbocycles. The molecule has 1 aromatic rings. The predicted octanol–water partition coefficient (Wildman–Crippen LogP) is 0.959. The number of hydrogen-bond donors (Lipinski definition) is 7. The van der Waals surface area contributed by atoms with Crippen molar-refractivity contribution >= 4 is 29.9 Å². The van der Waals surface area contributed by atoms with E-state index in [4.69, 9.17) is 16.2 Å². The first kappa shape index (κ1) is 33.2. The van der Waals surface area contributed by atoms with Crippen molar-refractivity contribution in [3.05, 3.63) is 35.9 Å². The normalized spacial score (nSPS) is 13.0. The molecule has 0 aromatic heterocycles. The lowest BCUT2D eigenvalue weighted by molar-refractivity contribution is -0.139. The van der Waals surface area contributed by atoms with Crippen molar-refractivity contribution in [1.29, 1.82) is 0 Å². The fourth-order valence-corrected chi connectivity index (χ4v) is 3.64. The molecule has 0 saturated carbocycles. The summed E-state index contributed by atoms with van der Waals surface area (Å²) in [5.41, 5.74) is 11.7. The highest BCUT2D eigenvalue weighted by atomic mass is 16.5. The van der Waals surface area contributed by atoms with Crippen molar-refractivity contribution < 1.29 is 33.8 Å². The van der Waals surface area contributed by atoms with Crippen molar-refractivity contribution in [2.75, 3.05) is 13.1 Å². The van der Waals surface area contributed by atoms with E-state index in [1.807, 2.05) is 30.3 Å². The van der Waals surface area contributed by atoms with Gasteiger partial charge in [0, 0.05) is 6.54 Å². The van der Waals surface area contributed by atoms with Gasteiger partial charge >= 0.3 is 18.1 Å². The Morgan fingerprint density at radius 3 is 2.10 bits per heavy atom. The number of rotatable bonds is 18. The Hall–Kier alpha value is -3.87. The number of primary amides is 1. The van der Waals surface area contributed by atoms with Gasteiger partial charge in [-0.25, -0.2) is 14.4 Å². The quantitative estimate of drug-likeness (QED) is 0.130. The molecule has 0 aliphatic heterocycles. The van der Waals surface area contributed by atoms with Crippen LogP contribution in [0.15, 0.2) is 30.3 Å². The van der Waals surface area contributed by atoms with Crippen LogP contribution in [0.2, 0.25) is 0 Å². The second-order valence-corrected chi connectivity index (χ2v) is 9.46. The SMILES string of the molecule is CC(C)[C@H](NC(=O)[C@@H](CCCCNC(=O)OCc1ccccc1)NC(=O)N[C@@H](CCCCN)C(=O)O)C(N)=O. The first-order valence-corrected chi connectivity index (χ1v) is 13.1. The molecular weight excluding hydrogens is 508 g/mol. The maximum absolute atomic E-state index is 12.9. The predicted molar refractivity (Wildman–Crippen MR) is 144 cm³/mol. The molecule has 13 nitrogen and oxygen atoms in total. The van der Waals surface area contributed by atoms with Gasteiger partial charge in [0.15, 0.2) is 0 Å². The van der Waals surface area contributed by atoms with Crippen molar-refractivity contribution in [3.8, 4) is 0 Å². The molecule has 39 heavy (non-hydrogen) atoms. The number of carboxylic acids is 1. The smallest absolute Gasteiger partial charge is 0.407 e. The van der Waals surface area contributed by atoms with Crippen LogP contribution < -0.4 is 32.7 Å². The molecule has 0 saturated heterocycles. The largest absolute Gasteiger partial charge is 0.480 e. The summed E-state index contributed by atoms with van der Waals surface area (Å²) in [5.74, 6) is -2.84. The van der Waals surface area contributed by atoms with Gasteiger partial charge in [0.05, 0.1) is 0 Å². The van der Waals surface area contributed by atoms with Gasteiger partial charge in [-0.3, -0.25) is 9.59 Å². The molecule has 0 radical (unpaired) electrons. The van der Waals surface area contributed by atoms with Crippen LogP contribution in [0.4, 0.5) is 9.59 Å². The number of amides is 5. The Kier molecular flexibility index (Phi) is 15.6. The zero-order chi connectivity index (χ0) is 29.2. The van der Waals surface area contributed by atoms with E-state index >= 15 is 0 Å². The van der Waals surface area contributed by atoms with E-state index in [2.05, 4.69) is 21.3 Å². The molecule has 218 valence electrons. The van der Waals surface area contributed by atoms with Crippen LogP contribution in [0.5, 0.6) is 0 Å². The highest BCUT2D eigenvalue weighted by Crippen LogP contribution is 2.07. The van der Waals surface area contributed by atoms with Gasteiger partial charge in [0.2, 0.25) is 11.8 Å². The van der Waals surface area contributed by atoms with Crippen LogP contribution in [-0.2, 0) is 25.7 Å². The molecule has 0 spiro atoms. The number of benzene rings is 1. The zero-order valence-electron chi connectivity index (χ0n) is 22.6. The monoisotopic (exact) mass is 550 g/mol. The summed E-state index contributed by atoms with van der Waals surface area (Å²) in [6.07, 6.45) is 1.76. The number of alkyl carbamates (subject to hydrolysis) is 1. The summed E-state index contributed by atoms with van der Waals surface area (Å²) in [5, 5.41) is 19.5. The fraction of sp³-hybridized carbons (Fsp3) is 0.577. The number of urea groups is 1. The lowest BCUT2D eigenvalue weighted by atomic mass is 10.0. The van der Waals surface area contributed by atoms with Crippen LogP contribution in [0.3, 0.4) is 0 Å². The first-order valence-electron chi connectivity index (χ1n) is 13.1. The maximum atomic E-state index is 12.9. The molecular formula is C26H42N6O7. The van der Waals surface area contributed by atoms with E-state index < -0.39 is 48.0 Å². The van der Waals surface area contributed by atoms with E-state index in [-0.39, 0.29) is 31.9 Å². The Morgan fingerprint density at radius 1 is 0.897 bits per heavy atom. The first-order chi connectivity index (χ1) is 18.5. The summed E-state index contributed by atoms with van der Waals surface area (Å²) in [6, 6.07) is 5.20. The Morgan fingerprint density at radius 2 is 1.51 bits per heavy atom. The summed E-state index contributed by atoms with van der Waals surface area (Å²) in [6.45, 7) is 4.23. The summed E-state index contributed by atoms with van der Waals surface area (Å²) in [7, 11) is 0. The summed E-state index contributed by atoms with van der Waals surface area (Å²) < 4.78 is 5.15. The van der Waals surface area contributed by atoms with Crippen molar-refractivity contribution in [2.24, 2.45) is 17.4 Å². The Bertz CT molecular complexity index is 929. The number of aliphatic carboxylic acids is 1. The molecule has 13 heteroatoms. The van der Waals surface area contributed by atoms with Crippen molar-refractivity contribution in [2.45, 2.75) is 77.1 Å². The molecule has 1 aromatic carbocycles. The summed E-state index contributed by atoms with van der Waals surface area (Å²) >= 11 is 0. The minimum Gasteiger partial charge on any atom is -0.480 e. The average molecular weight is 551 g/mol. The lowest BCUT2D eigenvalue weighted by Gasteiger charge is -2.24. The molecule has 9 N–H and O–H groups in total. The fourth-order valence-electron chi connectivity index (χ4n) is 3.64. The molecule has 0 aliphatic rings. The van der Waals surface area contributed by atoms with E-state index in [1.165, 1.54) is 0 Å². The number of hydrogen-bond acceptors (Lipinski definition) is 7. The van der Waals surface area contributed by atoms with Gasteiger partial charge in [-0.05, 0) is 56.6 Å². The van der Waals surface area contributed by atoms with Crippen molar-refractivity contribution in [3.63, 3.8) is 0 Å². The third-order valence-electron chi connectivity index (χ3n) is 5.84. The van der Waals surface area contributed by atoms with Gasteiger partial charge in [-0.1, -0.05) is 44.2 Å². The van der Waals surface area contributed by atoms with Crippen LogP contribution >= 0.6 is 0 Å². The topological polar surface area (TPSA) is 215 Å². The van der Waals surface area contributed by atoms with E-state index in [0.29, 0.717) is 32.2 Å². The third kappa shape index (κ3) is 14.0. The maximum Gasteiger partial charge on any atom is 0.407 e. The average Bonchev–Trinajstić information content (AvgIpc) is 2.89. The standard InChI is InChI=1S/C26H42N6O7/c1-17(2)21(22(28)33)32-23(34)19(30-25(37)31-20(24(35)36)13-6-8-14-27)12-7-9-15-29-26(38)39-16-18-10-4-3-5-11-18/h3-5,10-11,17,19-21H,6-9,12-16,27H2,1-2H3,(H2,28,33)(H,29,38)(H,32,34)(H,35,36)(H2,30,31,37)/t19-,20+,21+/m1/s1. The minimum atomic E-state index is -1.21. The van der Waals surface area contributed by atoms with E-state index in [9.17, 15) is 29.1 Å². The Labute approximate surface area is 228 Å². The van der Waals surface area contributed by atoms with Gasteiger partial charge < -0.3 is 42.6 Å². The highest BCUT2D eigenvalue weighted by molar-refractivity contribution is 5.92. The van der Waals surface area contributed by atoms with Gasteiger partial charge in [-0.15, -0.1) is 0 Å². The summed E-state index contributed by atoms with van der Waals surface area (Å²) in [4.78, 5) is 60.7. The van der Waals surface area contributed by atoms with Gasteiger partial charge in [0.25, 0.3) is 0 Å². The molecule has 0 fully saturated rings. The zero-order valence-corrected chi connectivity index (χ0v) is 22.6. The number of unbranched alkanes of at least 4 members (excludes halogenated alkanes) is 2. The van der Waals surface area contributed by atoms with Crippen LogP contribution in [0.1, 0.15) is 57.9 Å². The van der Waals surface area contributed by atoms with E-state index in [1.54, 1.807) is 13.8 Å². The van der Waals surface area contributed by atoms with Crippen LogP contribution in [-0.4, -0.2) is 66.2 Å². The molecule has 5 amide bonds. The molecule has 0 unspecified atom stereocenters. The van der Waals surface area contributed by atoms with E-state index in [0.717, 1.165) is 5.56 Å². The number of nitrogens with two attached hydrogens (primary N) is 2. The van der Waals surface area contributed by atoms with Crippen LogP contribution in [0, 0.1) is 5.92 Å². The van der Waals surface area contributed by atoms with Gasteiger partial charge in [0.1, 0.15) is 24.7 Å². The molecule has 0 bridgehead atoms. The van der Waals surface area contributed by atoms with Crippen molar-refractivity contribution in [1.82, 2.24) is 21.3 Å². The van der Waals surface area contributed by atoms with Gasteiger partial charge in [-0.2, -0.15) is 0 Å². The molecule has 1 rings (SSSR count). The number of carbonyl (C=O) groups is 5. The number of ether oxygens (including phenoxy) is 1. The lowest BCUT2D eigenvalue weighted by Crippen LogP contribution is -2.57. The number of carboxylic acid groups (broad SMARTS) is 1. The number of carbonyl (C=O) groups excluding carboxylic acids is 4. The second-order valence-electron chi connectivity index (χ2n) is 9.46. The highest BCUT2D eigenvalue weighted by Gasteiger charge is 2.28. The minimum absolute atomic E-state index is 0.133. The second kappa shape index (κ2) is 18.4. The van der Waals surface area contributed by atoms with Crippen LogP contribution in [0.25, 0.3) is 0 Å². The molecule has 0 heterocycles. The number of nitrogens with one attached hydrogen (secondary N) is 4. The molecule has 3 atom stereocenters. The Balaban J connectivity index is 2.66.